The summed E-state index contributed by atoms with van der Waals surface area (Å²) in [6.45, 7) is 2.36. The molecule has 0 saturated heterocycles. The smallest absolute Gasteiger partial charge is 0.310 e. The van der Waals surface area contributed by atoms with Crippen molar-refractivity contribution in [1.29, 1.82) is 0 Å². The maximum Gasteiger partial charge on any atom is 0.345 e. The first kappa shape index (κ1) is 20.0. The van der Waals surface area contributed by atoms with Gasteiger partial charge < -0.3 is 5.32 Å². The average molecular weight is 428 g/mol. The van der Waals surface area contributed by atoms with E-state index in [9.17, 15) is 9.59 Å². The van der Waals surface area contributed by atoms with E-state index in [4.69, 9.17) is 0 Å². The van der Waals surface area contributed by atoms with Crippen LogP contribution in [0.5, 0.6) is 0 Å². The molecule has 0 aliphatic carbocycles. The summed E-state index contributed by atoms with van der Waals surface area (Å²) in [7, 11) is 1.63. The molecule has 8 heteroatoms. The Kier molecular flexibility index (Phi) is 4.97. The highest BCUT2D eigenvalue weighted by molar-refractivity contribution is 5.96. The molecule has 0 fully saturated rings. The van der Waals surface area contributed by atoms with Gasteiger partial charge in [-0.15, -0.1) is 0 Å². The second-order valence-corrected chi connectivity index (χ2v) is 8.18. The molecule has 2 aromatic heterocycles. The molecule has 0 spiro atoms. The number of nitrogens with zero attached hydrogens (tertiary/aromatic N) is 5. The fourth-order valence-electron chi connectivity index (χ4n) is 4.15. The first-order valence-electron chi connectivity index (χ1n) is 10.7. The minimum absolute atomic E-state index is 0.127. The number of carbonyl (C=O) groups is 1. The number of aromatic nitrogens is 5. The van der Waals surface area contributed by atoms with Crippen molar-refractivity contribution in [3.63, 3.8) is 0 Å². The van der Waals surface area contributed by atoms with Crippen LogP contribution in [-0.4, -0.2) is 30.0 Å². The van der Waals surface area contributed by atoms with Crippen LogP contribution in [0.2, 0.25) is 0 Å². The predicted molar refractivity (Wildman–Crippen MR) is 122 cm³/mol. The highest BCUT2D eigenvalue weighted by atomic mass is 16.2. The molecule has 8 nitrogen and oxygen atoms in total. The third-order valence-corrected chi connectivity index (χ3v) is 5.95. The average Bonchev–Trinajstić information content (AvgIpc) is 3.35. The molecule has 3 heterocycles. The van der Waals surface area contributed by atoms with Gasteiger partial charge in [-0.05, 0) is 31.0 Å². The van der Waals surface area contributed by atoms with Gasteiger partial charge in [0.1, 0.15) is 11.6 Å². The van der Waals surface area contributed by atoms with E-state index < -0.39 is 0 Å². The first-order chi connectivity index (χ1) is 15.5. The van der Waals surface area contributed by atoms with Crippen molar-refractivity contribution in [2.75, 3.05) is 5.32 Å². The van der Waals surface area contributed by atoms with Crippen molar-refractivity contribution in [2.24, 2.45) is 13.0 Å². The Balaban J connectivity index is 1.50. The van der Waals surface area contributed by atoms with Gasteiger partial charge in [0.2, 0.25) is 5.91 Å². The SMILES string of the molecule is Cc1ccc(-n2ncc(-c3ccccc3)c2NC(=O)C2CCc3nn(C)c(=O)n3C2)cc1. The third-order valence-electron chi connectivity index (χ3n) is 5.95. The number of carbonyl (C=O) groups excluding carboxylic acids is 1. The summed E-state index contributed by atoms with van der Waals surface area (Å²) in [5.41, 5.74) is 3.63. The zero-order valence-electron chi connectivity index (χ0n) is 18.0. The summed E-state index contributed by atoms with van der Waals surface area (Å²) in [5, 5.41) is 12.0. The van der Waals surface area contributed by atoms with Crippen LogP contribution in [0, 0.1) is 12.8 Å². The Morgan fingerprint density at radius 2 is 1.84 bits per heavy atom. The predicted octanol–water partition coefficient (Wildman–Crippen LogP) is 2.94. The number of amides is 1. The van der Waals surface area contributed by atoms with E-state index in [1.807, 2.05) is 61.5 Å². The minimum atomic E-state index is -0.325. The molecular formula is C24H24N6O2. The number of anilines is 1. The van der Waals surface area contributed by atoms with E-state index in [-0.39, 0.29) is 17.5 Å². The lowest BCUT2D eigenvalue weighted by Gasteiger charge is -2.22. The molecule has 1 unspecified atom stereocenters. The number of rotatable bonds is 4. The van der Waals surface area contributed by atoms with Crippen LogP contribution >= 0.6 is 0 Å². The molecular weight excluding hydrogens is 404 g/mol. The Labute approximate surface area is 185 Å². The summed E-state index contributed by atoms with van der Waals surface area (Å²) in [4.78, 5) is 25.6. The molecule has 162 valence electrons. The molecule has 1 aliphatic heterocycles. The lowest BCUT2D eigenvalue weighted by Crippen LogP contribution is -2.36. The Morgan fingerprint density at radius 1 is 1.09 bits per heavy atom. The van der Waals surface area contributed by atoms with Crippen molar-refractivity contribution in [3.05, 3.63) is 82.7 Å². The van der Waals surface area contributed by atoms with Gasteiger partial charge in [-0.3, -0.25) is 9.36 Å². The summed E-state index contributed by atoms with van der Waals surface area (Å²) in [6.07, 6.45) is 3.01. The van der Waals surface area contributed by atoms with E-state index in [1.54, 1.807) is 22.5 Å². The standard InChI is InChI=1S/C24H24N6O2/c1-16-8-11-19(12-9-16)30-22(20(14-25-30)17-6-4-3-5-7-17)26-23(31)18-10-13-21-27-28(2)24(32)29(21)15-18/h3-9,11-12,14,18H,10,13,15H2,1-2H3,(H,26,31). The third kappa shape index (κ3) is 3.53. The number of benzene rings is 2. The van der Waals surface area contributed by atoms with Crippen LogP contribution < -0.4 is 11.0 Å². The monoisotopic (exact) mass is 428 g/mol. The van der Waals surface area contributed by atoms with Crippen molar-refractivity contribution in [1.82, 2.24) is 24.1 Å². The number of hydrogen-bond acceptors (Lipinski definition) is 4. The topological polar surface area (TPSA) is 86.7 Å². The number of hydrogen-bond donors (Lipinski definition) is 1. The Morgan fingerprint density at radius 3 is 2.59 bits per heavy atom. The van der Waals surface area contributed by atoms with Gasteiger partial charge in [-0.25, -0.2) is 14.2 Å². The Hall–Kier alpha value is -3.94. The quantitative estimate of drug-likeness (QED) is 0.541. The molecule has 4 aromatic rings. The number of nitrogens with one attached hydrogen (secondary N) is 1. The van der Waals surface area contributed by atoms with Gasteiger partial charge in [0, 0.05) is 25.6 Å². The minimum Gasteiger partial charge on any atom is -0.310 e. The van der Waals surface area contributed by atoms with Crippen LogP contribution in [0.1, 0.15) is 17.8 Å². The van der Waals surface area contributed by atoms with Crippen LogP contribution in [0.4, 0.5) is 5.82 Å². The van der Waals surface area contributed by atoms with Crippen molar-refractivity contribution >= 4 is 11.7 Å². The molecule has 1 amide bonds. The van der Waals surface area contributed by atoms with Crippen LogP contribution in [0.25, 0.3) is 16.8 Å². The largest absolute Gasteiger partial charge is 0.345 e. The van der Waals surface area contributed by atoms with Gasteiger partial charge in [-0.1, -0.05) is 48.0 Å². The van der Waals surface area contributed by atoms with E-state index >= 15 is 0 Å². The van der Waals surface area contributed by atoms with Crippen molar-refractivity contribution < 1.29 is 4.79 Å². The van der Waals surface area contributed by atoms with Gasteiger partial charge in [0.15, 0.2) is 0 Å². The molecule has 2 aromatic carbocycles. The van der Waals surface area contributed by atoms with Gasteiger partial charge in [-0.2, -0.15) is 10.2 Å². The van der Waals surface area contributed by atoms with E-state index in [0.29, 0.717) is 25.2 Å². The summed E-state index contributed by atoms with van der Waals surface area (Å²) >= 11 is 0. The first-order valence-corrected chi connectivity index (χ1v) is 10.7. The molecule has 1 N–H and O–H groups in total. The van der Waals surface area contributed by atoms with Crippen LogP contribution in [0.15, 0.2) is 65.6 Å². The highest BCUT2D eigenvalue weighted by Crippen LogP contribution is 2.31. The van der Waals surface area contributed by atoms with E-state index in [0.717, 1.165) is 28.2 Å². The maximum absolute atomic E-state index is 13.3. The lowest BCUT2D eigenvalue weighted by atomic mass is 9.98. The molecule has 0 saturated carbocycles. The summed E-state index contributed by atoms with van der Waals surface area (Å²) in [6, 6.07) is 17.9. The van der Waals surface area contributed by atoms with Crippen molar-refractivity contribution in [3.8, 4) is 16.8 Å². The molecule has 1 aliphatic rings. The second-order valence-electron chi connectivity index (χ2n) is 8.18. The Bertz CT molecular complexity index is 1330. The fourth-order valence-corrected chi connectivity index (χ4v) is 4.15. The zero-order valence-corrected chi connectivity index (χ0v) is 18.0. The molecule has 32 heavy (non-hydrogen) atoms. The molecule has 1 atom stereocenters. The summed E-state index contributed by atoms with van der Waals surface area (Å²) in [5.74, 6) is 0.900. The lowest BCUT2D eigenvalue weighted by molar-refractivity contribution is -0.120. The van der Waals surface area contributed by atoms with Crippen LogP contribution in [-0.2, 0) is 24.8 Å². The van der Waals surface area contributed by atoms with E-state index in [2.05, 4.69) is 15.5 Å². The van der Waals surface area contributed by atoms with Gasteiger partial charge >= 0.3 is 5.69 Å². The van der Waals surface area contributed by atoms with Crippen molar-refractivity contribution in [2.45, 2.75) is 26.3 Å². The zero-order chi connectivity index (χ0) is 22.2. The number of aryl methyl sites for hydroxylation is 3. The summed E-state index contributed by atoms with van der Waals surface area (Å²) < 4.78 is 4.68. The van der Waals surface area contributed by atoms with Gasteiger partial charge in [0.25, 0.3) is 0 Å². The molecule has 5 rings (SSSR count). The second kappa shape index (κ2) is 7.96. The molecule has 0 radical (unpaired) electrons. The highest BCUT2D eigenvalue weighted by Gasteiger charge is 2.29. The maximum atomic E-state index is 13.3. The van der Waals surface area contributed by atoms with Crippen LogP contribution in [0.3, 0.4) is 0 Å². The fraction of sp³-hybridized carbons (Fsp3) is 0.250. The number of fused-ring (bicyclic) bond motifs is 1. The normalized spacial score (nSPS) is 15.4. The molecule has 0 bridgehead atoms. The van der Waals surface area contributed by atoms with Gasteiger partial charge in [0.05, 0.1) is 17.8 Å². The van der Waals surface area contributed by atoms with E-state index in [1.165, 1.54) is 4.68 Å².